The van der Waals surface area contributed by atoms with Crippen molar-refractivity contribution in [2.24, 2.45) is 0 Å². The molecular formula is C13H12Cl2N2O2. The van der Waals surface area contributed by atoms with E-state index in [1.807, 2.05) is 13.0 Å². The molecule has 6 heteroatoms. The van der Waals surface area contributed by atoms with Crippen LogP contribution in [0, 0.1) is 6.92 Å². The lowest BCUT2D eigenvalue weighted by molar-refractivity contribution is 0.292. The maximum absolute atomic E-state index is 5.94. The summed E-state index contributed by atoms with van der Waals surface area (Å²) in [5.41, 5.74) is 0.948. The summed E-state index contributed by atoms with van der Waals surface area (Å²) in [6, 6.07) is 6.96. The van der Waals surface area contributed by atoms with Gasteiger partial charge in [-0.05, 0) is 30.7 Å². The minimum atomic E-state index is 0.206. The molecule has 0 spiro atoms. The number of aromatic nitrogens is 2. The Kier molecular flexibility index (Phi) is 4.45. The van der Waals surface area contributed by atoms with Crippen LogP contribution in [0.2, 0.25) is 10.2 Å². The molecule has 2 rings (SSSR count). The molecule has 0 aliphatic rings. The van der Waals surface area contributed by atoms with Crippen molar-refractivity contribution < 1.29 is 9.47 Å². The number of ether oxygens (including phenoxy) is 2. The van der Waals surface area contributed by atoms with Crippen LogP contribution >= 0.6 is 23.2 Å². The topological polar surface area (TPSA) is 44.2 Å². The summed E-state index contributed by atoms with van der Waals surface area (Å²) in [6.45, 7) is 2.12. The van der Waals surface area contributed by atoms with E-state index in [2.05, 4.69) is 9.97 Å². The summed E-state index contributed by atoms with van der Waals surface area (Å²) >= 11 is 11.8. The van der Waals surface area contributed by atoms with E-state index in [1.54, 1.807) is 12.1 Å². The SMILES string of the molecule is COc1cc(Cl)nc(COc2ccc(Cl)c(C)c2)n1. The van der Waals surface area contributed by atoms with Crippen LogP contribution in [0.5, 0.6) is 11.6 Å². The van der Waals surface area contributed by atoms with Gasteiger partial charge in [0.25, 0.3) is 0 Å². The second-order valence-corrected chi connectivity index (χ2v) is 4.64. The fourth-order valence-corrected chi connectivity index (χ4v) is 1.77. The highest BCUT2D eigenvalue weighted by Crippen LogP contribution is 2.22. The number of halogens is 2. The molecule has 19 heavy (non-hydrogen) atoms. The first-order chi connectivity index (χ1) is 9.08. The third kappa shape index (κ3) is 3.72. The molecule has 0 fully saturated rings. The molecule has 0 N–H and O–H groups in total. The van der Waals surface area contributed by atoms with Gasteiger partial charge in [-0.3, -0.25) is 0 Å². The first-order valence-corrected chi connectivity index (χ1v) is 6.30. The van der Waals surface area contributed by atoms with Gasteiger partial charge in [0.2, 0.25) is 5.88 Å². The molecule has 0 radical (unpaired) electrons. The molecule has 1 aromatic heterocycles. The third-order valence-electron chi connectivity index (χ3n) is 2.42. The maximum Gasteiger partial charge on any atom is 0.217 e. The molecule has 0 bridgehead atoms. The van der Waals surface area contributed by atoms with Crippen LogP contribution in [-0.2, 0) is 6.61 Å². The van der Waals surface area contributed by atoms with E-state index >= 15 is 0 Å². The fraction of sp³-hybridized carbons (Fsp3) is 0.231. The van der Waals surface area contributed by atoms with Gasteiger partial charge in [0.15, 0.2) is 5.82 Å². The number of hydrogen-bond acceptors (Lipinski definition) is 4. The normalized spacial score (nSPS) is 10.3. The van der Waals surface area contributed by atoms with Crippen LogP contribution < -0.4 is 9.47 Å². The zero-order valence-electron chi connectivity index (χ0n) is 10.5. The van der Waals surface area contributed by atoms with Crippen molar-refractivity contribution in [1.29, 1.82) is 0 Å². The van der Waals surface area contributed by atoms with Gasteiger partial charge in [0.05, 0.1) is 7.11 Å². The molecule has 0 saturated heterocycles. The predicted octanol–water partition coefficient (Wildman–Crippen LogP) is 3.68. The average molecular weight is 299 g/mol. The van der Waals surface area contributed by atoms with Crippen LogP contribution in [0.4, 0.5) is 0 Å². The first kappa shape index (κ1) is 13.9. The van der Waals surface area contributed by atoms with Crippen LogP contribution in [0.3, 0.4) is 0 Å². The van der Waals surface area contributed by atoms with Crippen LogP contribution in [-0.4, -0.2) is 17.1 Å². The van der Waals surface area contributed by atoms with E-state index < -0.39 is 0 Å². The zero-order valence-corrected chi connectivity index (χ0v) is 12.0. The van der Waals surface area contributed by atoms with Crippen molar-refractivity contribution in [1.82, 2.24) is 9.97 Å². The Bertz CT molecular complexity index is 591. The van der Waals surface area contributed by atoms with Gasteiger partial charge in [-0.2, -0.15) is 4.98 Å². The number of aryl methyl sites for hydroxylation is 1. The van der Waals surface area contributed by atoms with E-state index in [-0.39, 0.29) is 6.61 Å². The van der Waals surface area contributed by atoms with Crippen molar-refractivity contribution in [2.45, 2.75) is 13.5 Å². The minimum absolute atomic E-state index is 0.206. The minimum Gasteiger partial charge on any atom is -0.486 e. The molecular weight excluding hydrogens is 287 g/mol. The number of benzene rings is 1. The van der Waals surface area contributed by atoms with Crippen LogP contribution in [0.15, 0.2) is 24.3 Å². The number of rotatable bonds is 4. The Morgan fingerprint density at radius 3 is 2.63 bits per heavy atom. The van der Waals surface area contributed by atoms with Gasteiger partial charge >= 0.3 is 0 Å². The van der Waals surface area contributed by atoms with E-state index in [4.69, 9.17) is 32.7 Å². The molecule has 0 aliphatic carbocycles. The molecule has 0 aliphatic heterocycles. The molecule has 0 amide bonds. The van der Waals surface area contributed by atoms with Crippen molar-refractivity contribution in [3.63, 3.8) is 0 Å². The monoisotopic (exact) mass is 298 g/mol. The Labute approximate surface area is 121 Å². The lowest BCUT2D eigenvalue weighted by atomic mass is 10.2. The summed E-state index contributed by atoms with van der Waals surface area (Å²) in [5.74, 6) is 1.56. The Balaban J connectivity index is 2.09. The average Bonchev–Trinajstić information content (AvgIpc) is 2.39. The third-order valence-corrected chi connectivity index (χ3v) is 3.04. The molecule has 2 aromatic rings. The Morgan fingerprint density at radius 2 is 1.95 bits per heavy atom. The van der Waals surface area contributed by atoms with Crippen molar-refractivity contribution in [2.75, 3.05) is 7.11 Å². The Morgan fingerprint density at radius 1 is 1.16 bits per heavy atom. The van der Waals surface area contributed by atoms with Crippen molar-refractivity contribution in [3.8, 4) is 11.6 Å². The fourth-order valence-electron chi connectivity index (χ4n) is 1.47. The summed E-state index contributed by atoms with van der Waals surface area (Å²) < 4.78 is 10.6. The summed E-state index contributed by atoms with van der Waals surface area (Å²) in [7, 11) is 1.52. The second-order valence-electron chi connectivity index (χ2n) is 3.85. The number of nitrogens with zero attached hydrogens (tertiary/aromatic N) is 2. The molecule has 0 atom stereocenters. The highest BCUT2D eigenvalue weighted by Gasteiger charge is 2.05. The van der Waals surface area contributed by atoms with Gasteiger partial charge in [-0.15, -0.1) is 0 Å². The van der Waals surface area contributed by atoms with Crippen LogP contribution in [0.1, 0.15) is 11.4 Å². The molecule has 4 nitrogen and oxygen atoms in total. The zero-order chi connectivity index (χ0) is 13.8. The number of hydrogen-bond donors (Lipinski definition) is 0. The van der Waals surface area contributed by atoms with Crippen LogP contribution in [0.25, 0.3) is 0 Å². The van der Waals surface area contributed by atoms with Gasteiger partial charge in [0, 0.05) is 11.1 Å². The van der Waals surface area contributed by atoms with E-state index in [1.165, 1.54) is 13.2 Å². The summed E-state index contributed by atoms with van der Waals surface area (Å²) in [6.07, 6.45) is 0. The van der Waals surface area contributed by atoms with Crippen molar-refractivity contribution in [3.05, 3.63) is 45.8 Å². The first-order valence-electron chi connectivity index (χ1n) is 5.55. The smallest absolute Gasteiger partial charge is 0.217 e. The van der Waals surface area contributed by atoms with Crippen molar-refractivity contribution >= 4 is 23.2 Å². The highest BCUT2D eigenvalue weighted by atomic mass is 35.5. The molecule has 100 valence electrons. The molecule has 0 saturated carbocycles. The van der Waals surface area contributed by atoms with Gasteiger partial charge in [-0.1, -0.05) is 23.2 Å². The summed E-state index contributed by atoms with van der Waals surface area (Å²) in [4.78, 5) is 8.20. The van der Waals surface area contributed by atoms with E-state index in [0.29, 0.717) is 27.6 Å². The molecule has 1 aromatic carbocycles. The van der Waals surface area contributed by atoms with E-state index in [9.17, 15) is 0 Å². The predicted molar refractivity (Wildman–Crippen MR) is 74.1 cm³/mol. The second kappa shape index (κ2) is 6.08. The van der Waals surface area contributed by atoms with Gasteiger partial charge < -0.3 is 9.47 Å². The standard InChI is InChI=1S/C13H12Cl2N2O2/c1-8-5-9(3-4-10(8)14)19-7-12-16-11(15)6-13(17-12)18-2/h3-6H,7H2,1-2H3. The lowest BCUT2D eigenvalue weighted by Crippen LogP contribution is -2.03. The van der Waals surface area contributed by atoms with Gasteiger partial charge in [0.1, 0.15) is 17.5 Å². The quantitative estimate of drug-likeness (QED) is 0.808. The Hall–Kier alpha value is -1.52. The molecule has 0 unspecified atom stereocenters. The van der Waals surface area contributed by atoms with E-state index in [0.717, 1.165) is 5.56 Å². The summed E-state index contributed by atoms with van der Waals surface area (Å²) in [5, 5.41) is 1.02. The highest BCUT2D eigenvalue weighted by molar-refractivity contribution is 6.31. The maximum atomic E-state index is 5.94. The largest absolute Gasteiger partial charge is 0.486 e. The van der Waals surface area contributed by atoms with Gasteiger partial charge in [-0.25, -0.2) is 4.98 Å². The lowest BCUT2D eigenvalue weighted by Gasteiger charge is -2.08. The number of methoxy groups -OCH3 is 1. The molecule has 1 heterocycles.